The third kappa shape index (κ3) is 3.49. The van der Waals surface area contributed by atoms with Crippen LogP contribution in [0.2, 0.25) is 0 Å². The van der Waals surface area contributed by atoms with Crippen molar-refractivity contribution in [2.24, 2.45) is 0 Å². The smallest absolute Gasteiger partial charge is 0.230 e. The number of pyridine rings is 1. The number of aromatic nitrogens is 1. The van der Waals surface area contributed by atoms with Crippen molar-refractivity contribution in [2.75, 3.05) is 5.75 Å². The van der Waals surface area contributed by atoms with Crippen molar-refractivity contribution in [1.29, 1.82) is 0 Å². The molecule has 3 rings (SSSR count). The van der Waals surface area contributed by atoms with Crippen LogP contribution in [0.4, 0.5) is 0 Å². The molecule has 4 nitrogen and oxygen atoms in total. The number of furan rings is 1. The van der Waals surface area contributed by atoms with Crippen molar-refractivity contribution in [1.82, 2.24) is 10.3 Å². The summed E-state index contributed by atoms with van der Waals surface area (Å²) < 4.78 is 5.76. The maximum atomic E-state index is 12.0. The van der Waals surface area contributed by atoms with Gasteiger partial charge in [-0.25, -0.2) is 4.98 Å². The van der Waals surface area contributed by atoms with Crippen LogP contribution < -0.4 is 5.32 Å². The standard InChI is InChI=1S/C17H16N2O2S/c1-12(15-10-13-6-2-3-7-14(13)21-15)19-16(20)11-22-17-8-4-5-9-18-17/h2-10,12H,11H2,1H3,(H,19,20)/t12-/m0/s1. The highest BCUT2D eigenvalue weighted by atomic mass is 32.2. The largest absolute Gasteiger partial charge is 0.459 e. The molecule has 1 aromatic carbocycles. The van der Waals surface area contributed by atoms with Crippen molar-refractivity contribution < 1.29 is 9.21 Å². The lowest BCUT2D eigenvalue weighted by atomic mass is 10.2. The topological polar surface area (TPSA) is 55.1 Å². The fourth-order valence-corrected chi connectivity index (χ4v) is 2.81. The Kier molecular flexibility index (Phi) is 4.44. The van der Waals surface area contributed by atoms with Gasteiger partial charge in [0.25, 0.3) is 0 Å². The summed E-state index contributed by atoms with van der Waals surface area (Å²) >= 11 is 1.42. The zero-order chi connectivity index (χ0) is 15.4. The second-order valence-electron chi connectivity index (χ2n) is 4.93. The van der Waals surface area contributed by atoms with Crippen LogP contribution in [0, 0.1) is 0 Å². The van der Waals surface area contributed by atoms with Gasteiger partial charge in [0.1, 0.15) is 11.3 Å². The highest BCUT2D eigenvalue weighted by Crippen LogP contribution is 2.23. The summed E-state index contributed by atoms with van der Waals surface area (Å²) in [6.45, 7) is 1.92. The Morgan fingerprint density at radius 2 is 2.09 bits per heavy atom. The Balaban J connectivity index is 1.58. The van der Waals surface area contributed by atoms with Gasteiger partial charge in [-0.2, -0.15) is 0 Å². The van der Waals surface area contributed by atoms with E-state index in [2.05, 4.69) is 10.3 Å². The maximum Gasteiger partial charge on any atom is 0.230 e. The number of nitrogens with one attached hydrogen (secondary N) is 1. The maximum absolute atomic E-state index is 12.0. The van der Waals surface area contributed by atoms with Crippen molar-refractivity contribution >= 4 is 28.6 Å². The summed E-state index contributed by atoms with van der Waals surface area (Å²) in [5.41, 5.74) is 0.835. The Bertz CT molecular complexity index is 737. The molecule has 22 heavy (non-hydrogen) atoms. The molecule has 0 saturated carbocycles. The SMILES string of the molecule is C[C@H](NC(=O)CSc1ccccn1)c1cc2ccccc2o1. The summed E-state index contributed by atoms with van der Waals surface area (Å²) in [5.74, 6) is 1.06. The number of carbonyl (C=O) groups excluding carboxylic acids is 1. The molecule has 0 radical (unpaired) electrons. The molecule has 1 N–H and O–H groups in total. The van der Waals surface area contributed by atoms with Gasteiger partial charge in [0.15, 0.2) is 0 Å². The second-order valence-corrected chi connectivity index (χ2v) is 5.93. The van der Waals surface area contributed by atoms with Crippen LogP contribution in [0.5, 0.6) is 0 Å². The first-order valence-electron chi connectivity index (χ1n) is 7.04. The minimum Gasteiger partial charge on any atom is -0.459 e. The quantitative estimate of drug-likeness (QED) is 0.728. The first-order chi connectivity index (χ1) is 10.7. The van der Waals surface area contributed by atoms with E-state index in [1.165, 1.54) is 11.8 Å². The van der Waals surface area contributed by atoms with Gasteiger partial charge < -0.3 is 9.73 Å². The predicted octanol–water partition coefficient (Wildman–Crippen LogP) is 3.80. The van der Waals surface area contributed by atoms with E-state index in [4.69, 9.17) is 4.42 Å². The molecule has 3 aromatic rings. The minimum atomic E-state index is -0.163. The Morgan fingerprint density at radius 1 is 1.27 bits per heavy atom. The van der Waals surface area contributed by atoms with Crippen LogP contribution in [0.1, 0.15) is 18.7 Å². The van der Waals surface area contributed by atoms with Gasteiger partial charge in [-0.15, -0.1) is 0 Å². The molecule has 112 valence electrons. The Labute approximate surface area is 132 Å². The van der Waals surface area contributed by atoms with Crippen LogP contribution in [0.3, 0.4) is 0 Å². The Morgan fingerprint density at radius 3 is 2.86 bits per heavy atom. The van der Waals surface area contributed by atoms with Crippen LogP contribution >= 0.6 is 11.8 Å². The van der Waals surface area contributed by atoms with Gasteiger partial charge in [-0.05, 0) is 31.2 Å². The molecule has 0 unspecified atom stereocenters. The number of thioether (sulfide) groups is 1. The Hall–Kier alpha value is -2.27. The van der Waals surface area contributed by atoms with Crippen molar-refractivity contribution in [3.8, 4) is 0 Å². The van der Waals surface area contributed by atoms with Gasteiger partial charge in [0.2, 0.25) is 5.91 Å². The van der Waals surface area contributed by atoms with Gasteiger partial charge >= 0.3 is 0 Å². The third-order valence-corrected chi connectivity index (χ3v) is 4.18. The van der Waals surface area contributed by atoms with Gasteiger partial charge in [-0.1, -0.05) is 36.0 Å². The van der Waals surface area contributed by atoms with Gasteiger partial charge in [0.05, 0.1) is 16.8 Å². The van der Waals surface area contributed by atoms with E-state index in [0.29, 0.717) is 5.75 Å². The number of fused-ring (bicyclic) bond motifs is 1. The number of rotatable bonds is 5. The molecule has 1 amide bonds. The zero-order valence-electron chi connectivity index (χ0n) is 12.2. The molecular formula is C17H16N2O2S. The fourth-order valence-electron chi connectivity index (χ4n) is 2.14. The number of hydrogen-bond donors (Lipinski definition) is 1. The summed E-state index contributed by atoms with van der Waals surface area (Å²) in [4.78, 5) is 16.2. The van der Waals surface area contributed by atoms with Crippen molar-refractivity contribution in [2.45, 2.75) is 18.0 Å². The highest BCUT2D eigenvalue weighted by Gasteiger charge is 2.14. The summed E-state index contributed by atoms with van der Waals surface area (Å²) in [5, 5.41) is 4.83. The number of nitrogens with zero attached hydrogens (tertiary/aromatic N) is 1. The van der Waals surface area contributed by atoms with E-state index in [0.717, 1.165) is 21.8 Å². The average Bonchev–Trinajstić information content (AvgIpc) is 2.98. The third-order valence-electron chi connectivity index (χ3n) is 3.24. The minimum absolute atomic E-state index is 0.0383. The summed E-state index contributed by atoms with van der Waals surface area (Å²) in [6.07, 6.45) is 1.72. The predicted molar refractivity (Wildman–Crippen MR) is 87.7 cm³/mol. The first-order valence-corrected chi connectivity index (χ1v) is 8.02. The zero-order valence-corrected chi connectivity index (χ0v) is 13.0. The molecule has 0 bridgehead atoms. The lowest BCUT2D eigenvalue weighted by molar-refractivity contribution is -0.119. The molecule has 2 heterocycles. The molecule has 0 aliphatic carbocycles. The van der Waals surface area contributed by atoms with E-state index in [1.54, 1.807) is 6.20 Å². The molecule has 0 spiro atoms. The number of amides is 1. The molecule has 0 fully saturated rings. The van der Waals surface area contributed by atoms with Gasteiger partial charge in [-0.3, -0.25) is 4.79 Å². The van der Waals surface area contributed by atoms with Crippen molar-refractivity contribution in [3.05, 3.63) is 60.5 Å². The average molecular weight is 312 g/mol. The van der Waals surface area contributed by atoms with Crippen molar-refractivity contribution in [3.63, 3.8) is 0 Å². The molecule has 5 heteroatoms. The normalized spacial score (nSPS) is 12.2. The number of hydrogen-bond acceptors (Lipinski definition) is 4. The summed E-state index contributed by atoms with van der Waals surface area (Å²) in [6, 6.07) is 15.3. The first kappa shape index (κ1) is 14.7. The molecular weight excluding hydrogens is 296 g/mol. The highest BCUT2D eigenvalue weighted by molar-refractivity contribution is 7.99. The van der Waals surface area contributed by atoms with E-state index in [9.17, 15) is 4.79 Å². The lowest BCUT2D eigenvalue weighted by Crippen LogP contribution is -2.27. The van der Waals surface area contributed by atoms with E-state index >= 15 is 0 Å². The molecule has 1 atom stereocenters. The molecule has 0 saturated heterocycles. The molecule has 0 aliphatic heterocycles. The number of benzene rings is 1. The fraction of sp³-hybridized carbons (Fsp3) is 0.176. The monoisotopic (exact) mass is 312 g/mol. The van der Waals surface area contributed by atoms with Crippen LogP contribution in [0.25, 0.3) is 11.0 Å². The van der Waals surface area contributed by atoms with Crippen LogP contribution in [-0.2, 0) is 4.79 Å². The molecule has 0 aliphatic rings. The molecule has 2 aromatic heterocycles. The lowest BCUT2D eigenvalue weighted by Gasteiger charge is -2.10. The van der Waals surface area contributed by atoms with E-state index in [-0.39, 0.29) is 11.9 Å². The van der Waals surface area contributed by atoms with Crippen LogP contribution in [-0.4, -0.2) is 16.6 Å². The van der Waals surface area contributed by atoms with E-state index < -0.39 is 0 Å². The van der Waals surface area contributed by atoms with Gasteiger partial charge in [0, 0.05) is 11.6 Å². The van der Waals surface area contributed by atoms with E-state index in [1.807, 2.05) is 55.5 Å². The summed E-state index contributed by atoms with van der Waals surface area (Å²) in [7, 11) is 0. The van der Waals surface area contributed by atoms with Crippen LogP contribution in [0.15, 0.2) is 64.2 Å². The number of para-hydroxylation sites is 1. The second kappa shape index (κ2) is 6.66. The number of carbonyl (C=O) groups is 1.